The van der Waals surface area contributed by atoms with Gasteiger partial charge in [-0.1, -0.05) is 6.07 Å². The highest BCUT2D eigenvalue weighted by Crippen LogP contribution is 2.33. The Morgan fingerprint density at radius 1 is 1.07 bits per heavy atom. The zero-order valence-corrected chi connectivity index (χ0v) is 18.6. The second kappa shape index (κ2) is 9.06. The summed E-state index contributed by atoms with van der Waals surface area (Å²) in [5.74, 6) is 0.0791. The fourth-order valence-electron chi connectivity index (χ4n) is 3.56. The number of ether oxygens (including phenoxy) is 2. The van der Waals surface area contributed by atoms with Crippen LogP contribution in [0.25, 0.3) is 0 Å². The van der Waals surface area contributed by atoms with Crippen LogP contribution in [0.3, 0.4) is 0 Å². The van der Waals surface area contributed by atoms with E-state index in [1.807, 2.05) is 32.0 Å². The molecule has 3 rings (SSSR count). The number of carbonyl (C=O) groups is 1. The van der Waals surface area contributed by atoms with Crippen molar-refractivity contribution in [2.24, 2.45) is 5.92 Å². The third kappa shape index (κ3) is 4.60. The third-order valence-corrected chi connectivity index (χ3v) is 7.40. The molecule has 0 unspecified atom stereocenters. The van der Waals surface area contributed by atoms with E-state index in [-0.39, 0.29) is 23.1 Å². The van der Waals surface area contributed by atoms with E-state index in [1.165, 1.54) is 24.6 Å². The minimum Gasteiger partial charge on any atom is -0.497 e. The molecule has 1 N–H and O–H groups in total. The van der Waals surface area contributed by atoms with E-state index in [9.17, 15) is 13.2 Å². The summed E-state index contributed by atoms with van der Waals surface area (Å²) in [6.45, 7) is 4.48. The minimum atomic E-state index is -3.84. The molecule has 1 heterocycles. The van der Waals surface area contributed by atoms with Crippen LogP contribution in [0.5, 0.6) is 11.5 Å². The SMILES string of the molecule is COc1ccc(OC)c(S(=O)(=O)N2CCC[C@H](C(=O)Nc3ccc(C)c(C)c3)C2)c1. The van der Waals surface area contributed by atoms with Gasteiger partial charge in [0.25, 0.3) is 0 Å². The minimum absolute atomic E-state index is 0.0413. The molecular formula is C22H28N2O5S. The standard InChI is InChI=1S/C22H28N2O5S/c1-15-7-8-18(12-16(15)2)23-22(25)17-6-5-11-24(14-17)30(26,27)21-13-19(28-3)9-10-20(21)29-4/h7-10,12-13,17H,5-6,11,14H2,1-4H3,(H,23,25)/t17-/m0/s1. The van der Waals surface area contributed by atoms with Gasteiger partial charge in [-0.15, -0.1) is 0 Å². The fourth-order valence-corrected chi connectivity index (χ4v) is 5.26. The summed E-state index contributed by atoms with van der Waals surface area (Å²) in [6.07, 6.45) is 1.24. The van der Waals surface area contributed by atoms with Crippen molar-refractivity contribution in [1.29, 1.82) is 0 Å². The van der Waals surface area contributed by atoms with Crippen LogP contribution in [-0.4, -0.2) is 45.9 Å². The molecule has 0 aliphatic carbocycles. The van der Waals surface area contributed by atoms with Crippen molar-refractivity contribution < 1.29 is 22.7 Å². The van der Waals surface area contributed by atoms with Crippen molar-refractivity contribution in [2.75, 3.05) is 32.6 Å². The van der Waals surface area contributed by atoms with Crippen LogP contribution < -0.4 is 14.8 Å². The number of piperidine rings is 1. The largest absolute Gasteiger partial charge is 0.497 e. The van der Waals surface area contributed by atoms with E-state index in [0.29, 0.717) is 25.1 Å². The molecular weight excluding hydrogens is 404 g/mol. The van der Waals surface area contributed by atoms with E-state index in [4.69, 9.17) is 9.47 Å². The van der Waals surface area contributed by atoms with Gasteiger partial charge in [0, 0.05) is 24.8 Å². The quantitative estimate of drug-likeness (QED) is 0.757. The molecule has 30 heavy (non-hydrogen) atoms. The van der Waals surface area contributed by atoms with Gasteiger partial charge >= 0.3 is 0 Å². The van der Waals surface area contributed by atoms with Crippen LogP contribution in [0.4, 0.5) is 5.69 Å². The van der Waals surface area contributed by atoms with Crippen molar-refractivity contribution in [3.05, 3.63) is 47.5 Å². The molecule has 1 atom stereocenters. The summed E-state index contributed by atoms with van der Waals surface area (Å²) >= 11 is 0. The van der Waals surface area contributed by atoms with Crippen LogP contribution in [-0.2, 0) is 14.8 Å². The Labute approximate surface area is 178 Å². The molecule has 2 aromatic rings. The van der Waals surface area contributed by atoms with Crippen molar-refractivity contribution >= 4 is 21.6 Å². The average Bonchev–Trinajstić information content (AvgIpc) is 2.75. The molecule has 1 amide bonds. The van der Waals surface area contributed by atoms with Crippen molar-refractivity contribution in [2.45, 2.75) is 31.6 Å². The molecule has 0 spiro atoms. The summed E-state index contributed by atoms with van der Waals surface area (Å²) in [7, 11) is -0.935. The van der Waals surface area contributed by atoms with Crippen molar-refractivity contribution in [1.82, 2.24) is 4.31 Å². The maximum atomic E-state index is 13.3. The molecule has 8 heteroatoms. The van der Waals surface area contributed by atoms with E-state index in [0.717, 1.165) is 16.8 Å². The second-order valence-corrected chi connectivity index (χ2v) is 9.41. The van der Waals surface area contributed by atoms with Crippen molar-refractivity contribution in [3.63, 3.8) is 0 Å². The smallest absolute Gasteiger partial charge is 0.246 e. The Bertz CT molecular complexity index is 1040. The lowest BCUT2D eigenvalue weighted by Gasteiger charge is -2.31. The molecule has 0 radical (unpaired) electrons. The molecule has 1 saturated heterocycles. The van der Waals surface area contributed by atoms with Gasteiger partial charge in [0.15, 0.2) is 0 Å². The van der Waals surface area contributed by atoms with E-state index >= 15 is 0 Å². The Balaban J connectivity index is 1.79. The molecule has 1 fully saturated rings. The van der Waals surface area contributed by atoms with E-state index in [1.54, 1.807) is 12.1 Å². The van der Waals surface area contributed by atoms with E-state index in [2.05, 4.69) is 5.32 Å². The summed E-state index contributed by atoms with van der Waals surface area (Å²) in [4.78, 5) is 12.9. The number of anilines is 1. The number of nitrogens with zero attached hydrogens (tertiary/aromatic N) is 1. The van der Waals surface area contributed by atoms with E-state index < -0.39 is 15.9 Å². The van der Waals surface area contributed by atoms with Crippen LogP contribution in [0.1, 0.15) is 24.0 Å². The van der Waals surface area contributed by atoms with Crippen LogP contribution in [0.2, 0.25) is 0 Å². The number of aryl methyl sites for hydroxylation is 2. The number of methoxy groups -OCH3 is 2. The molecule has 162 valence electrons. The Hall–Kier alpha value is -2.58. The molecule has 2 aromatic carbocycles. The number of rotatable bonds is 6. The van der Waals surface area contributed by atoms with Gasteiger partial charge in [-0.2, -0.15) is 4.31 Å². The number of hydrogen-bond donors (Lipinski definition) is 1. The first kappa shape index (κ1) is 22.1. The summed E-state index contributed by atoms with van der Waals surface area (Å²) in [5, 5.41) is 2.93. The zero-order valence-electron chi connectivity index (χ0n) is 17.8. The zero-order chi connectivity index (χ0) is 21.9. The van der Waals surface area contributed by atoms with Crippen LogP contribution in [0.15, 0.2) is 41.3 Å². The maximum Gasteiger partial charge on any atom is 0.246 e. The number of carbonyl (C=O) groups excluding carboxylic acids is 1. The number of amides is 1. The predicted octanol–water partition coefficient (Wildman–Crippen LogP) is 3.36. The Morgan fingerprint density at radius 3 is 2.50 bits per heavy atom. The van der Waals surface area contributed by atoms with Gasteiger partial charge in [-0.3, -0.25) is 4.79 Å². The first-order chi connectivity index (χ1) is 14.3. The van der Waals surface area contributed by atoms with Gasteiger partial charge in [0.1, 0.15) is 16.4 Å². The molecule has 7 nitrogen and oxygen atoms in total. The fraction of sp³-hybridized carbons (Fsp3) is 0.409. The highest BCUT2D eigenvalue weighted by Gasteiger charge is 2.35. The molecule has 0 bridgehead atoms. The van der Waals surface area contributed by atoms with Crippen molar-refractivity contribution in [3.8, 4) is 11.5 Å². The van der Waals surface area contributed by atoms with Gasteiger partial charge in [0.2, 0.25) is 15.9 Å². The lowest BCUT2D eigenvalue weighted by Crippen LogP contribution is -2.43. The molecule has 0 aromatic heterocycles. The predicted molar refractivity (Wildman–Crippen MR) is 116 cm³/mol. The van der Waals surface area contributed by atoms with Crippen LogP contribution in [0, 0.1) is 19.8 Å². The number of hydrogen-bond acceptors (Lipinski definition) is 5. The number of nitrogens with one attached hydrogen (secondary N) is 1. The van der Waals surface area contributed by atoms with Gasteiger partial charge in [-0.25, -0.2) is 8.42 Å². The lowest BCUT2D eigenvalue weighted by atomic mass is 9.98. The maximum absolute atomic E-state index is 13.3. The highest BCUT2D eigenvalue weighted by molar-refractivity contribution is 7.89. The highest BCUT2D eigenvalue weighted by atomic mass is 32.2. The van der Waals surface area contributed by atoms with Gasteiger partial charge < -0.3 is 14.8 Å². The molecule has 0 saturated carbocycles. The third-order valence-electron chi connectivity index (χ3n) is 5.52. The monoisotopic (exact) mass is 432 g/mol. The Kier molecular flexibility index (Phi) is 6.67. The normalized spacial score (nSPS) is 17.4. The second-order valence-electron chi connectivity index (χ2n) is 7.51. The number of sulfonamides is 1. The first-order valence-corrected chi connectivity index (χ1v) is 11.3. The molecule has 1 aliphatic rings. The first-order valence-electron chi connectivity index (χ1n) is 9.86. The molecule has 1 aliphatic heterocycles. The topological polar surface area (TPSA) is 84.9 Å². The van der Waals surface area contributed by atoms with Gasteiger partial charge in [0.05, 0.1) is 20.1 Å². The summed E-state index contributed by atoms with van der Waals surface area (Å²) < 4.78 is 38.4. The summed E-state index contributed by atoms with van der Waals surface area (Å²) in [5.41, 5.74) is 2.96. The van der Waals surface area contributed by atoms with Crippen LogP contribution >= 0.6 is 0 Å². The van der Waals surface area contributed by atoms with Gasteiger partial charge in [-0.05, 0) is 62.1 Å². The summed E-state index contributed by atoms with van der Waals surface area (Å²) in [6, 6.07) is 10.4. The number of benzene rings is 2. The lowest BCUT2D eigenvalue weighted by molar-refractivity contribution is -0.120. The Morgan fingerprint density at radius 2 is 1.83 bits per heavy atom. The average molecular weight is 433 g/mol.